The van der Waals surface area contributed by atoms with E-state index in [-0.39, 0.29) is 0 Å². The zero-order chi connectivity index (χ0) is 9.64. The van der Waals surface area contributed by atoms with Crippen LogP contribution in [0.2, 0.25) is 0 Å². The standard InChI is InChI=1S/C12H17NO/c1-3-7-12(8-4-1)14-11-13-9-5-2-6-10-13/h1,3-4,7-8H,2,5-6,9-11H2. The highest BCUT2D eigenvalue weighted by Gasteiger charge is 2.09. The summed E-state index contributed by atoms with van der Waals surface area (Å²) >= 11 is 0. The van der Waals surface area contributed by atoms with Crippen molar-refractivity contribution in [3.8, 4) is 5.75 Å². The predicted octanol–water partition coefficient (Wildman–Crippen LogP) is 2.51. The van der Waals surface area contributed by atoms with Gasteiger partial charge in [-0.15, -0.1) is 0 Å². The molecule has 1 heterocycles. The first-order chi connectivity index (χ1) is 6.95. The number of hydrogen-bond acceptors (Lipinski definition) is 2. The van der Waals surface area contributed by atoms with E-state index in [1.54, 1.807) is 0 Å². The first-order valence-corrected chi connectivity index (χ1v) is 5.35. The zero-order valence-electron chi connectivity index (χ0n) is 8.48. The Kier molecular flexibility index (Phi) is 3.41. The molecule has 0 amide bonds. The lowest BCUT2D eigenvalue weighted by atomic mass is 10.1. The normalized spacial score (nSPS) is 18.0. The van der Waals surface area contributed by atoms with E-state index in [9.17, 15) is 0 Å². The minimum Gasteiger partial charge on any atom is -0.478 e. The van der Waals surface area contributed by atoms with E-state index in [1.807, 2.05) is 30.3 Å². The first-order valence-electron chi connectivity index (χ1n) is 5.35. The Morgan fingerprint density at radius 1 is 1.00 bits per heavy atom. The van der Waals surface area contributed by atoms with Crippen molar-refractivity contribution in [2.75, 3.05) is 19.8 Å². The molecular weight excluding hydrogens is 174 g/mol. The molecule has 0 saturated carbocycles. The smallest absolute Gasteiger partial charge is 0.142 e. The fraction of sp³-hybridized carbons (Fsp3) is 0.500. The third kappa shape index (κ3) is 2.74. The summed E-state index contributed by atoms with van der Waals surface area (Å²) in [7, 11) is 0. The van der Waals surface area contributed by atoms with Crippen LogP contribution in [0.15, 0.2) is 30.3 Å². The molecule has 2 nitrogen and oxygen atoms in total. The van der Waals surface area contributed by atoms with Gasteiger partial charge in [0.1, 0.15) is 12.5 Å². The third-order valence-electron chi connectivity index (χ3n) is 2.61. The van der Waals surface area contributed by atoms with Gasteiger partial charge >= 0.3 is 0 Å². The molecule has 0 bridgehead atoms. The van der Waals surface area contributed by atoms with Crippen LogP contribution < -0.4 is 4.74 Å². The average Bonchev–Trinajstić information content (AvgIpc) is 2.29. The third-order valence-corrected chi connectivity index (χ3v) is 2.61. The van der Waals surface area contributed by atoms with Crippen molar-refractivity contribution in [1.29, 1.82) is 0 Å². The van der Waals surface area contributed by atoms with Crippen LogP contribution in [0.4, 0.5) is 0 Å². The molecule has 76 valence electrons. The lowest BCUT2D eigenvalue weighted by molar-refractivity contribution is 0.106. The average molecular weight is 191 g/mol. The van der Waals surface area contributed by atoms with Gasteiger partial charge in [0.2, 0.25) is 0 Å². The molecular formula is C12H17NO. The summed E-state index contributed by atoms with van der Waals surface area (Å²) in [6.45, 7) is 3.11. The van der Waals surface area contributed by atoms with Gasteiger partial charge in [0.15, 0.2) is 0 Å². The van der Waals surface area contributed by atoms with Crippen molar-refractivity contribution in [2.45, 2.75) is 19.3 Å². The second-order valence-corrected chi connectivity index (χ2v) is 3.77. The van der Waals surface area contributed by atoms with Crippen molar-refractivity contribution < 1.29 is 4.74 Å². The topological polar surface area (TPSA) is 12.5 Å². The largest absolute Gasteiger partial charge is 0.478 e. The van der Waals surface area contributed by atoms with Gasteiger partial charge in [-0.25, -0.2) is 0 Å². The molecule has 2 heteroatoms. The summed E-state index contributed by atoms with van der Waals surface area (Å²) in [6.07, 6.45) is 4.01. The molecule has 14 heavy (non-hydrogen) atoms. The van der Waals surface area contributed by atoms with E-state index in [2.05, 4.69) is 4.90 Å². The van der Waals surface area contributed by atoms with E-state index in [4.69, 9.17) is 4.74 Å². The molecule has 1 aliphatic rings. The zero-order valence-corrected chi connectivity index (χ0v) is 8.48. The Labute approximate surface area is 85.5 Å². The van der Waals surface area contributed by atoms with E-state index in [0.717, 1.165) is 12.5 Å². The maximum Gasteiger partial charge on any atom is 0.142 e. The van der Waals surface area contributed by atoms with Crippen LogP contribution in [-0.4, -0.2) is 24.7 Å². The molecule has 1 aromatic carbocycles. The fourth-order valence-corrected chi connectivity index (χ4v) is 1.77. The minimum absolute atomic E-state index is 0.740. The molecule has 1 aromatic rings. The lowest BCUT2D eigenvalue weighted by Crippen LogP contribution is -2.33. The van der Waals surface area contributed by atoms with Gasteiger partial charge in [-0.05, 0) is 25.0 Å². The number of likely N-dealkylation sites (tertiary alicyclic amines) is 1. The van der Waals surface area contributed by atoms with Crippen LogP contribution in [0.25, 0.3) is 0 Å². The molecule has 0 atom stereocenters. The van der Waals surface area contributed by atoms with E-state index in [1.165, 1.54) is 32.4 Å². The molecule has 0 N–H and O–H groups in total. The molecule has 0 aromatic heterocycles. The Morgan fingerprint density at radius 2 is 1.71 bits per heavy atom. The van der Waals surface area contributed by atoms with Crippen LogP contribution in [0.3, 0.4) is 0 Å². The highest BCUT2D eigenvalue weighted by Crippen LogP contribution is 2.12. The van der Waals surface area contributed by atoms with Crippen LogP contribution in [0, 0.1) is 0 Å². The second-order valence-electron chi connectivity index (χ2n) is 3.77. The van der Waals surface area contributed by atoms with Crippen LogP contribution in [-0.2, 0) is 0 Å². The summed E-state index contributed by atoms with van der Waals surface area (Å²) in [5, 5.41) is 0. The van der Waals surface area contributed by atoms with Crippen LogP contribution >= 0.6 is 0 Å². The summed E-state index contributed by atoms with van der Waals surface area (Å²) in [5.41, 5.74) is 0. The Bertz CT molecular complexity index is 254. The summed E-state index contributed by atoms with van der Waals surface area (Å²) in [4.78, 5) is 2.37. The molecule has 0 unspecified atom stereocenters. The molecule has 2 rings (SSSR count). The Balaban J connectivity index is 1.76. The number of para-hydroxylation sites is 1. The van der Waals surface area contributed by atoms with E-state index < -0.39 is 0 Å². The Morgan fingerprint density at radius 3 is 2.43 bits per heavy atom. The predicted molar refractivity (Wildman–Crippen MR) is 57.4 cm³/mol. The van der Waals surface area contributed by atoms with Gasteiger partial charge in [-0.2, -0.15) is 0 Å². The lowest BCUT2D eigenvalue weighted by Gasteiger charge is -2.26. The number of benzene rings is 1. The van der Waals surface area contributed by atoms with Crippen LogP contribution in [0.1, 0.15) is 19.3 Å². The van der Waals surface area contributed by atoms with Gasteiger partial charge in [0.05, 0.1) is 0 Å². The van der Waals surface area contributed by atoms with E-state index >= 15 is 0 Å². The van der Waals surface area contributed by atoms with Gasteiger partial charge in [0, 0.05) is 13.1 Å². The van der Waals surface area contributed by atoms with Crippen molar-refractivity contribution in [3.05, 3.63) is 30.3 Å². The molecule has 0 spiro atoms. The number of rotatable bonds is 3. The maximum absolute atomic E-state index is 5.67. The SMILES string of the molecule is c1ccc(OCN2CCCCC2)cc1. The van der Waals surface area contributed by atoms with Crippen molar-refractivity contribution in [2.24, 2.45) is 0 Å². The van der Waals surface area contributed by atoms with Gasteiger partial charge < -0.3 is 4.74 Å². The van der Waals surface area contributed by atoms with Gasteiger partial charge in [-0.3, -0.25) is 4.90 Å². The fourth-order valence-electron chi connectivity index (χ4n) is 1.77. The van der Waals surface area contributed by atoms with Crippen LogP contribution in [0.5, 0.6) is 5.75 Å². The minimum atomic E-state index is 0.740. The maximum atomic E-state index is 5.67. The number of piperidine rings is 1. The van der Waals surface area contributed by atoms with Gasteiger partial charge in [-0.1, -0.05) is 24.6 Å². The summed E-state index contributed by atoms with van der Waals surface area (Å²) in [5.74, 6) is 0.970. The highest BCUT2D eigenvalue weighted by atomic mass is 16.5. The molecule has 1 aliphatic heterocycles. The van der Waals surface area contributed by atoms with E-state index in [0.29, 0.717) is 0 Å². The summed E-state index contributed by atoms with van der Waals surface area (Å²) in [6, 6.07) is 10.0. The monoisotopic (exact) mass is 191 g/mol. The number of nitrogens with zero attached hydrogens (tertiary/aromatic N) is 1. The molecule has 1 fully saturated rings. The second kappa shape index (κ2) is 5.01. The van der Waals surface area contributed by atoms with Crippen molar-refractivity contribution >= 4 is 0 Å². The number of hydrogen-bond donors (Lipinski definition) is 0. The van der Waals surface area contributed by atoms with Crippen molar-refractivity contribution in [3.63, 3.8) is 0 Å². The highest BCUT2D eigenvalue weighted by molar-refractivity contribution is 5.20. The molecule has 0 radical (unpaired) electrons. The number of ether oxygens (including phenoxy) is 1. The van der Waals surface area contributed by atoms with Gasteiger partial charge in [0.25, 0.3) is 0 Å². The Hall–Kier alpha value is -1.02. The quantitative estimate of drug-likeness (QED) is 0.728. The molecule has 1 saturated heterocycles. The first kappa shape index (κ1) is 9.53. The van der Waals surface area contributed by atoms with Crippen molar-refractivity contribution in [1.82, 2.24) is 4.90 Å². The summed E-state index contributed by atoms with van der Waals surface area (Å²) < 4.78 is 5.67. The molecule has 0 aliphatic carbocycles.